The van der Waals surface area contributed by atoms with Crippen molar-refractivity contribution in [3.63, 3.8) is 0 Å². The van der Waals surface area contributed by atoms with Gasteiger partial charge in [0.15, 0.2) is 0 Å². The van der Waals surface area contributed by atoms with Crippen molar-refractivity contribution in [3.8, 4) is 0 Å². The van der Waals surface area contributed by atoms with Crippen LogP contribution in [0.15, 0.2) is 23.2 Å². The van der Waals surface area contributed by atoms with E-state index in [1.165, 1.54) is 6.07 Å². The Morgan fingerprint density at radius 3 is 2.78 bits per heavy atom. The Morgan fingerprint density at radius 1 is 1.44 bits per heavy atom. The summed E-state index contributed by atoms with van der Waals surface area (Å²) in [5.74, 6) is 2.26. The number of benzene rings is 1. The van der Waals surface area contributed by atoms with E-state index in [1.54, 1.807) is 12.1 Å². The molecule has 1 heterocycles. The fourth-order valence-electron chi connectivity index (χ4n) is 1.82. The van der Waals surface area contributed by atoms with Gasteiger partial charge in [-0.2, -0.15) is 11.8 Å². The van der Waals surface area contributed by atoms with Crippen LogP contribution in [0.1, 0.15) is 0 Å². The Hall–Kier alpha value is -0.940. The third kappa shape index (κ3) is 3.29. The summed E-state index contributed by atoms with van der Waals surface area (Å²) in [6.45, 7) is 1.77. The summed E-state index contributed by atoms with van der Waals surface area (Å²) in [5, 5.41) is 0. The van der Waals surface area contributed by atoms with E-state index in [2.05, 4.69) is 9.89 Å². The van der Waals surface area contributed by atoms with Crippen LogP contribution in [0.25, 0.3) is 0 Å². The molecule has 0 radical (unpaired) electrons. The lowest BCUT2D eigenvalue weighted by molar-refractivity contribution is 0.620. The average Bonchev–Trinajstić information content (AvgIpc) is 2.40. The first-order chi connectivity index (χ1) is 8.70. The Bertz CT molecular complexity index is 447. The predicted octanol–water partition coefficient (Wildman–Crippen LogP) is 2.61. The topological polar surface area (TPSA) is 41.6 Å². The molecule has 0 aliphatic carbocycles. The summed E-state index contributed by atoms with van der Waals surface area (Å²) >= 11 is 7.43. The van der Waals surface area contributed by atoms with Crippen molar-refractivity contribution in [2.75, 3.05) is 35.4 Å². The normalized spacial score (nSPS) is 17.0. The van der Waals surface area contributed by atoms with E-state index in [-0.39, 0.29) is 17.5 Å². The number of thioether (sulfide) groups is 1. The number of nitrogens with two attached hydrogens (primary N) is 1. The number of rotatable bonds is 3. The maximum absolute atomic E-state index is 14.0. The van der Waals surface area contributed by atoms with Gasteiger partial charge in [0.2, 0.25) is 0 Å². The van der Waals surface area contributed by atoms with E-state index in [4.69, 9.17) is 17.3 Å². The van der Waals surface area contributed by atoms with Crippen molar-refractivity contribution in [1.29, 1.82) is 0 Å². The smallest absolute Gasteiger partial charge is 0.148 e. The highest BCUT2D eigenvalue weighted by Gasteiger charge is 2.15. The number of halogens is 2. The minimum Gasteiger partial charge on any atom is -0.386 e. The molecule has 2 rings (SSSR count). The zero-order valence-electron chi connectivity index (χ0n) is 9.90. The molecule has 0 atom stereocenters. The summed E-state index contributed by atoms with van der Waals surface area (Å²) in [4.78, 5) is 6.08. The van der Waals surface area contributed by atoms with Gasteiger partial charge in [-0.05, 0) is 12.1 Å². The third-order valence-electron chi connectivity index (χ3n) is 2.69. The van der Waals surface area contributed by atoms with Crippen molar-refractivity contribution in [2.24, 2.45) is 10.7 Å². The van der Waals surface area contributed by atoms with E-state index >= 15 is 0 Å². The maximum Gasteiger partial charge on any atom is 0.148 e. The summed E-state index contributed by atoms with van der Waals surface area (Å²) in [7, 11) is 0. The number of anilines is 1. The zero-order valence-corrected chi connectivity index (χ0v) is 11.5. The SMILES string of the molecule is NC(CCl)=Nc1ccc(N2CCSCC2)c(F)c1. The molecule has 1 fully saturated rings. The monoisotopic (exact) mass is 287 g/mol. The minimum absolute atomic E-state index is 0.146. The van der Waals surface area contributed by atoms with Crippen LogP contribution in [-0.2, 0) is 0 Å². The molecule has 1 aromatic rings. The molecule has 18 heavy (non-hydrogen) atoms. The molecule has 0 saturated carbocycles. The first-order valence-electron chi connectivity index (χ1n) is 5.72. The third-order valence-corrected chi connectivity index (χ3v) is 3.91. The lowest BCUT2D eigenvalue weighted by atomic mass is 10.2. The van der Waals surface area contributed by atoms with E-state index in [0.717, 1.165) is 24.6 Å². The standard InChI is InChI=1S/C12H15ClFN3S/c13-8-12(15)16-9-1-2-11(10(14)7-9)17-3-5-18-6-4-17/h1-2,7H,3-6,8H2,(H2,15,16). The molecule has 98 valence electrons. The fourth-order valence-corrected chi connectivity index (χ4v) is 2.78. The van der Waals surface area contributed by atoms with Crippen LogP contribution in [-0.4, -0.2) is 36.3 Å². The quantitative estimate of drug-likeness (QED) is 0.528. The van der Waals surface area contributed by atoms with Gasteiger partial charge in [-0.15, -0.1) is 11.6 Å². The Balaban J connectivity index is 2.19. The van der Waals surface area contributed by atoms with Gasteiger partial charge in [-0.3, -0.25) is 0 Å². The average molecular weight is 288 g/mol. The number of amidine groups is 1. The number of aliphatic imine (C=N–C) groups is 1. The minimum atomic E-state index is -0.259. The first-order valence-corrected chi connectivity index (χ1v) is 7.41. The van der Waals surface area contributed by atoms with Crippen LogP contribution < -0.4 is 10.6 Å². The van der Waals surface area contributed by atoms with E-state index in [1.807, 2.05) is 11.8 Å². The Labute approximate surface area is 115 Å². The molecule has 6 heteroatoms. The largest absolute Gasteiger partial charge is 0.386 e. The van der Waals surface area contributed by atoms with Gasteiger partial charge >= 0.3 is 0 Å². The number of alkyl halides is 1. The van der Waals surface area contributed by atoms with Crippen molar-refractivity contribution in [3.05, 3.63) is 24.0 Å². The molecule has 0 spiro atoms. The second kappa shape index (κ2) is 6.29. The van der Waals surface area contributed by atoms with Gasteiger partial charge in [-0.1, -0.05) is 0 Å². The molecule has 0 bridgehead atoms. The van der Waals surface area contributed by atoms with Crippen LogP contribution in [0.4, 0.5) is 15.8 Å². The van der Waals surface area contributed by atoms with Gasteiger partial charge < -0.3 is 10.6 Å². The number of nitrogens with zero attached hydrogens (tertiary/aromatic N) is 2. The van der Waals surface area contributed by atoms with E-state index < -0.39 is 0 Å². The van der Waals surface area contributed by atoms with E-state index in [9.17, 15) is 4.39 Å². The van der Waals surface area contributed by atoms with Crippen molar-refractivity contribution in [2.45, 2.75) is 0 Å². The van der Waals surface area contributed by atoms with Crippen molar-refractivity contribution in [1.82, 2.24) is 0 Å². The highest BCUT2D eigenvalue weighted by molar-refractivity contribution is 7.99. The lowest BCUT2D eigenvalue weighted by Crippen LogP contribution is -2.33. The first kappa shape index (κ1) is 13.5. The van der Waals surface area contributed by atoms with Crippen LogP contribution >= 0.6 is 23.4 Å². The van der Waals surface area contributed by atoms with Gasteiger partial charge in [-0.25, -0.2) is 9.38 Å². The van der Waals surface area contributed by atoms with Gasteiger partial charge in [0, 0.05) is 30.7 Å². The highest BCUT2D eigenvalue weighted by atomic mass is 35.5. The molecule has 1 aliphatic rings. The van der Waals surface area contributed by atoms with Gasteiger partial charge in [0.05, 0.1) is 17.3 Å². The second-order valence-corrected chi connectivity index (χ2v) is 5.46. The van der Waals surface area contributed by atoms with Gasteiger partial charge in [0.1, 0.15) is 11.7 Å². The Morgan fingerprint density at radius 2 is 2.17 bits per heavy atom. The number of hydrogen-bond acceptors (Lipinski definition) is 3. The molecule has 0 aromatic heterocycles. The molecule has 1 saturated heterocycles. The summed E-state index contributed by atoms with van der Waals surface area (Å²) < 4.78 is 14.0. The van der Waals surface area contributed by atoms with E-state index in [0.29, 0.717) is 11.4 Å². The zero-order chi connectivity index (χ0) is 13.0. The summed E-state index contributed by atoms with van der Waals surface area (Å²) in [6, 6.07) is 4.92. The summed E-state index contributed by atoms with van der Waals surface area (Å²) in [5.41, 5.74) is 6.66. The molecule has 1 aliphatic heterocycles. The fraction of sp³-hybridized carbons (Fsp3) is 0.417. The van der Waals surface area contributed by atoms with Crippen LogP contribution in [0.2, 0.25) is 0 Å². The molecular formula is C12H15ClFN3S. The molecule has 0 amide bonds. The maximum atomic E-state index is 14.0. The number of hydrogen-bond donors (Lipinski definition) is 1. The molecule has 0 unspecified atom stereocenters. The van der Waals surface area contributed by atoms with Crippen LogP contribution in [0.3, 0.4) is 0 Å². The van der Waals surface area contributed by atoms with Gasteiger partial charge in [0.25, 0.3) is 0 Å². The summed E-state index contributed by atoms with van der Waals surface area (Å²) in [6.07, 6.45) is 0. The van der Waals surface area contributed by atoms with Crippen molar-refractivity contribution >= 4 is 40.6 Å². The van der Waals surface area contributed by atoms with Crippen LogP contribution in [0.5, 0.6) is 0 Å². The molecule has 1 aromatic carbocycles. The molecular weight excluding hydrogens is 273 g/mol. The molecule has 3 nitrogen and oxygen atoms in total. The Kier molecular flexibility index (Phi) is 4.72. The van der Waals surface area contributed by atoms with Crippen LogP contribution in [0, 0.1) is 5.82 Å². The second-order valence-electron chi connectivity index (χ2n) is 3.97. The lowest BCUT2D eigenvalue weighted by Gasteiger charge is -2.28. The molecule has 2 N–H and O–H groups in total. The predicted molar refractivity (Wildman–Crippen MR) is 77.9 cm³/mol. The van der Waals surface area contributed by atoms with Crippen molar-refractivity contribution < 1.29 is 4.39 Å². The highest BCUT2D eigenvalue weighted by Crippen LogP contribution is 2.26.